The summed E-state index contributed by atoms with van der Waals surface area (Å²) in [5.41, 5.74) is 0.788. The highest BCUT2D eigenvalue weighted by Gasteiger charge is 2.22. The highest BCUT2D eigenvalue weighted by Crippen LogP contribution is 2.03. The summed E-state index contributed by atoms with van der Waals surface area (Å²) < 4.78 is 9.64. The predicted molar refractivity (Wildman–Crippen MR) is 77.1 cm³/mol. The molecule has 7 nitrogen and oxygen atoms in total. The summed E-state index contributed by atoms with van der Waals surface area (Å²) in [6.07, 6.45) is -1.00. The van der Waals surface area contributed by atoms with E-state index in [1.54, 1.807) is 31.2 Å². The number of alkyl carbamates (subject to hydrolysis) is 1. The van der Waals surface area contributed by atoms with E-state index in [0.29, 0.717) is 0 Å². The van der Waals surface area contributed by atoms with Gasteiger partial charge < -0.3 is 19.9 Å². The molecule has 0 aliphatic rings. The quantitative estimate of drug-likeness (QED) is 0.709. The number of nitrogens with one attached hydrogen (secondary N) is 1. The van der Waals surface area contributed by atoms with E-state index in [4.69, 9.17) is 14.6 Å². The van der Waals surface area contributed by atoms with E-state index < -0.39 is 24.1 Å². The fourth-order valence-corrected chi connectivity index (χ4v) is 1.66. The number of hydrogen-bond donors (Lipinski definition) is 2. The number of esters is 1. The van der Waals surface area contributed by atoms with Gasteiger partial charge in [-0.05, 0) is 18.9 Å². The Morgan fingerprint density at radius 2 is 1.86 bits per heavy atom. The minimum Gasteiger partial charge on any atom is -0.480 e. The zero-order valence-corrected chi connectivity index (χ0v) is 12.3. The Bertz CT molecular complexity index is 502. The van der Waals surface area contributed by atoms with Crippen LogP contribution in [0.5, 0.6) is 0 Å². The van der Waals surface area contributed by atoms with Gasteiger partial charge in [0.15, 0.2) is 0 Å². The van der Waals surface area contributed by atoms with Crippen LogP contribution in [-0.2, 0) is 25.7 Å². The normalized spacial score (nSPS) is 11.3. The van der Waals surface area contributed by atoms with Crippen LogP contribution in [0.2, 0.25) is 0 Å². The summed E-state index contributed by atoms with van der Waals surface area (Å²) in [4.78, 5) is 33.9. The third-order valence-corrected chi connectivity index (χ3v) is 2.75. The highest BCUT2D eigenvalue weighted by molar-refractivity contribution is 5.80. The second-order valence-electron chi connectivity index (χ2n) is 4.44. The van der Waals surface area contributed by atoms with Gasteiger partial charge >= 0.3 is 18.0 Å². The molecule has 0 spiro atoms. The highest BCUT2D eigenvalue weighted by atomic mass is 16.5. The lowest BCUT2D eigenvalue weighted by Gasteiger charge is -2.14. The standard InChI is InChI=1S/C15H19NO6/c1-2-21-13(17)9-8-12(14(18)19)16-15(20)22-10-11-6-4-3-5-7-11/h3-7,12H,2,8-10H2,1H3,(H,16,20)(H,18,19)/t12-/m1/s1. The largest absolute Gasteiger partial charge is 0.480 e. The summed E-state index contributed by atoms with van der Waals surface area (Å²) in [7, 11) is 0. The van der Waals surface area contributed by atoms with Gasteiger partial charge in [0, 0.05) is 6.42 Å². The Hall–Kier alpha value is -2.57. The van der Waals surface area contributed by atoms with Gasteiger partial charge in [-0.1, -0.05) is 30.3 Å². The molecule has 120 valence electrons. The maximum Gasteiger partial charge on any atom is 0.408 e. The third kappa shape index (κ3) is 6.74. The van der Waals surface area contributed by atoms with Crippen molar-refractivity contribution >= 4 is 18.0 Å². The van der Waals surface area contributed by atoms with Crippen molar-refractivity contribution in [2.24, 2.45) is 0 Å². The van der Waals surface area contributed by atoms with Crippen LogP contribution in [0.25, 0.3) is 0 Å². The van der Waals surface area contributed by atoms with Crippen LogP contribution in [0.1, 0.15) is 25.3 Å². The molecule has 1 atom stereocenters. The summed E-state index contributed by atoms with van der Waals surface area (Å²) >= 11 is 0. The number of amides is 1. The number of hydrogen-bond acceptors (Lipinski definition) is 5. The van der Waals surface area contributed by atoms with Crippen LogP contribution in [0.4, 0.5) is 4.79 Å². The van der Waals surface area contributed by atoms with Crippen molar-refractivity contribution in [2.75, 3.05) is 6.61 Å². The molecule has 0 aromatic heterocycles. The topological polar surface area (TPSA) is 102 Å². The Morgan fingerprint density at radius 1 is 1.18 bits per heavy atom. The zero-order chi connectivity index (χ0) is 16.4. The number of benzene rings is 1. The first-order valence-electron chi connectivity index (χ1n) is 6.88. The number of rotatable bonds is 8. The number of carbonyl (C=O) groups is 3. The van der Waals surface area contributed by atoms with E-state index in [1.807, 2.05) is 6.07 Å². The second kappa shape index (κ2) is 9.38. The molecule has 0 saturated carbocycles. The molecule has 0 unspecified atom stereocenters. The van der Waals surface area contributed by atoms with E-state index in [1.165, 1.54) is 0 Å². The minimum absolute atomic E-state index is 0.0386. The molecule has 0 aliphatic carbocycles. The predicted octanol–water partition coefficient (Wildman–Crippen LogP) is 1.71. The summed E-state index contributed by atoms with van der Waals surface area (Å²) in [5, 5.41) is 11.2. The van der Waals surface area contributed by atoms with Crippen LogP contribution in [0, 0.1) is 0 Å². The first-order chi connectivity index (χ1) is 10.5. The molecule has 0 aliphatic heterocycles. The lowest BCUT2D eigenvalue weighted by molar-refractivity contribution is -0.144. The number of carbonyl (C=O) groups excluding carboxylic acids is 2. The summed E-state index contributed by atoms with van der Waals surface area (Å²) in [6, 6.07) is 7.80. The Balaban J connectivity index is 2.40. The molecular formula is C15H19NO6. The van der Waals surface area contributed by atoms with Gasteiger partial charge in [-0.15, -0.1) is 0 Å². The number of ether oxygens (including phenoxy) is 2. The van der Waals surface area contributed by atoms with Crippen molar-refractivity contribution in [3.05, 3.63) is 35.9 Å². The molecule has 1 aromatic carbocycles. The third-order valence-electron chi connectivity index (χ3n) is 2.75. The second-order valence-corrected chi connectivity index (χ2v) is 4.44. The van der Waals surface area contributed by atoms with Crippen LogP contribution < -0.4 is 5.32 Å². The van der Waals surface area contributed by atoms with Crippen LogP contribution in [0.15, 0.2) is 30.3 Å². The lowest BCUT2D eigenvalue weighted by atomic mass is 10.1. The summed E-state index contributed by atoms with van der Waals surface area (Å²) in [5.74, 6) is -1.74. The van der Waals surface area contributed by atoms with E-state index >= 15 is 0 Å². The SMILES string of the molecule is CCOC(=O)CC[C@@H](NC(=O)OCc1ccccc1)C(=O)O. The molecule has 7 heteroatoms. The first-order valence-corrected chi connectivity index (χ1v) is 6.88. The average Bonchev–Trinajstić information content (AvgIpc) is 2.50. The molecule has 1 rings (SSSR count). The van der Waals surface area contributed by atoms with Crippen molar-refractivity contribution in [1.29, 1.82) is 0 Å². The zero-order valence-electron chi connectivity index (χ0n) is 12.3. The molecule has 0 fully saturated rings. The molecule has 0 radical (unpaired) electrons. The molecule has 1 aromatic rings. The van der Waals surface area contributed by atoms with Gasteiger partial charge in [0.05, 0.1) is 6.61 Å². The van der Waals surface area contributed by atoms with Crippen LogP contribution in [0.3, 0.4) is 0 Å². The van der Waals surface area contributed by atoms with Crippen molar-refractivity contribution in [2.45, 2.75) is 32.4 Å². The van der Waals surface area contributed by atoms with E-state index in [0.717, 1.165) is 5.56 Å². The van der Waals surface area contributed by atoms with Gasteiger partial charge in [0.25, 0.3) is 0 Å². The fourth-order valence-electron chi connectivity index (χ4n) is 1.66. The fraction of sp³-hybridized carbons (Fsp3) is 0.400. The van der Waals surface area contributed by atoms with Gasteiger partial charge in [-0.25, -0.2) is 9.59 Å². The molecule has 22 heavy (non-hydrogen) atoms. The van der Waals surface area contributed by atoms with Crippen LogP contribution >= 0.6 is 0 Å². The Morgan fingerprint density at radius 3 is 2.45 bits per heavy atom. The van der Waals surface area contributed by atoms with Crippen molar-refractivity contribution in [3.63, 3.8) is 0 Å². The number of aliphatic carboxylic acids is 1. The van der Waals surface area contributed by atoms with Gasteiger partial charge in [-0.2, -0.15) is 0 Å². The van der Waals surface area contributed by atoms with Gasteiger partial charge in [0.1, 0.15) is 12.6 Å². The molecular weight excluding hydrogens is 290 g/mol. The Kier molecular flexibility index (Phi) is 7.45. The van der Waals surface area contributed by atoms with E-state index in [2.05, 4.69) is 5.32 Å². The molecule has 0 bridgehead atoms. The first kappa shape index (κ1) is 17.5. The maximum absolute atomic E-state index is 11.6. The average molecular weight is 309 g/mol. The van der Waals surface area contributed by atoms with Crippen molar-refractivity contribution in [1.82, 2.24) is 5.32 Å². The van der Waals surface area contributed by atoms with Crippen LogP contribution in [-0.4, -0.2) is 35.8 Å². The van der Waals surface area contributed by atoms with Gasteiger partial charge in [0.2, 0.25) is 0 Å². The monoisotopic (exact) mass is 309 g/mol. The van der Waals surface area contributed by atoms with E-state index in [-0.39, 0.29) is 26.1 Å². The summed E-state index contributed by atoms with van der Waals surface area (Å²) in [6.45, 7) is 1.92. The maximum atomic E-state index is 11.6. The molecule has 0 heterocycles. The molecule has 2 N–H and O–H groups in total. The van der Waals surface area contributed by atoms with Crippen molar-refractivity contribution < 1.29 is 29.0 Å². The minimum atomic E-state index is -1.24. The smallest absolute Gasteiger partial charge is 0.408 e. The van der Waals surface area contributed by atoms with E-state index in [9.17, 15) is 14.4 Å². The molecule has 0 saturated heterocycles. The molecule has 1 amide bonds. The van der Waals surface area contributed by atoms with Crippen molar-refractivity contribution in [3.8, 4) is 0 Å². The number of carboxylic acid groups (broad SMARTS) is 1. The Labute approximate surface area is 128 Å². The van der Waals surface area contributed by atoms with Gasteiger partial charge in [-0.3, -0.25) is 4.79 Å². The lowest BCUT2D eigenvalue weighted by Crippen LogP contribution is -2.41. The number of carboxylic acids is 1.